The topological polar surface area (TPSA) is 47.1 Å². The lowest BCUT2D eigenvalue weighted by Gasteiger charge is -2.23. The Balaban J connectivity index is 2.16. The van der Waals surface area contributed by atoms with Crippen LogP contribution in [0.5, 0.6) is 0 Å². The van der Waals surface area contributed by atoms with E-state index in [0.29, 0.717) is 6.04 Å². The molecule has 0 aliphatic carbocycles. The van der Waals surface area contributed by atoms with E-state index in [1.165, 1.54) is 17.8 Å². The van der Waals surface area contributed by atoms with Crippen LogP contribution in [-0.4, -0.2) is 28.9 Å². The van der Waals surface area contributed by atoms with Gasteiger partial charge in [-0.1, -0.05) is 0 Å². The van der Waals surface area contributed by atoms with E-state index >= 15 is 0 Å². The molecule has 1 unspecified atom stereocenters. The van der Waals surface area contributed by atoms with Gasteiger partial charge < -0.3 is 10.6 Å². The number of hydrogen-bond acceptors (Lipinski definition) is 3. The van der Waals surface area contributed by atoms with E-state index in [1.807, 2.05) is 17.9 Å². The largest absolute Gasteiger partial charge is 0.357 e. The average molecular weight is 208 g/mol. The van der Waals surface area contributed by atoms with Crippen molar-refractivity contribution in [3.63, 3.8) is 0 Å². The van der Waals surface area contributed by atoms with E-state index in [-0.39, 0.29) is 0 Å². The van der Waals surface area contributed by atoms with Gasteiger partial charge in [0.25, 0.3) is 0 Å². The number of nitrogens with two attached hydrogens (primary N) is 1. The minimum absolute atomic E-state index is 0.378. The lowest BCUT2D eigenvalue weighted by molar-refractivity contribution is 0.601. The molecule has 0 saturated carbocycles. The van der Waals surface area contributed by atoms with Crippen molar-refractivity contribution in [2.45, 2.75) is 32.2 Å². The Morgan fingerprint density at radius 3 is 2.87 bits per heavy atom. The summed E-state index contributed by atoms with van der Waals surface area (Å²) in [5.74, 6) is 1.25. The molecule has 15 heavy (non-hydrogen) atoms. The second-order valence-electron chi connectivity index (χ2n) is 4.45. The second-order valence-corrected chi connectivity index (χ2v) is 4.45. The molecular formula is C11H20N4. The number of aromatic nitrogens is 2. The van der Waals surface area contributed by atoms with Crippen molar-refractivity contribution in [3.8, 4) is 0 Å². The fraction of sp³-hybridized carbons (Fsp3) is 0.727. The van der Waals surface area contributed by atoms with Crippen LogP contribution in [0.25, 0.3) is 0 Å². The predicted octanol–water partition coefficient (Wildman–Crippen LogP) is 1.05. The molecule has 1 aliphatic heterocycles. The first-order chi connectivity index (χ1) is 7.18. The fourth-order valence-corrected chi connectivity index (χ4v) is 2.33. The van der Waals surface area contributed by atoms with E-state index in [9.17, 15) is 0 Å². The summed E-state index contributed by atoms with van der Waals surface area (Å²) in [5, 5.41) is 4.28. The predicted molar refractivity (Wildman–Crippen MR) is 62.0 cm³/mol. The van der Waals surface area contributed by atoms with Crippen molar-refractivity contribution in [2.75, 3.05) is 18.0 Å². The number of nitrogens with zero attached hydrogens (tertiary/aromatic N) is 3. The molecule has 4 nitrogen and oxygen atoms in total. The molecule has 0 amide bonds. The zero-order valence-corrected chi connectivity index (χ0v) is 9.61. The van der Waals surface area contributed by atoms with Crippen molar-refractivity contribution in [1.82, 2.24) is 9.78 Å². The van der Waals surface area contributed by atoms with Gasteiger partial charge in [0.15, 0.2) is 0 Å². The molecule has 0 bridgehead atoms. The van der Waals surface area contributed by atoms with Crippen molar-refractivity contribution in [3.05, 3.63) is 11.8 Å². The summed E-state index contributed by atoms with van der Waals surface area (Å²) in [6.45, 7) is 4.28. The first-order valence-corrected chi connectivity index (χ1v) is 5.67. The molecule has 84 valence electrons. The third-order valence-corrected chi connectivity index (χ3v) is 3.16. The second kappa shape index (κ2) is 4.23. The highest BCUT2D eigenvalue weighted by atomic mass is 15.4. The standard InChI is InChI=1S/C11H20N4/c1-9-8-13-14(2)11(9)15-6-3-4-10(12)5-7-15/h8,10H,3-7,12H2,1-2H3. The van der Waals surface area contributed by atoms with Gasteiger partial charge in [-0.3, -0.25) is 4.68 Å². The Kier molecular flexibility index (Phi) is 2.95. The lowest BCUT2D eigenvalue weighted by Crippen LogP contribution is -2.28. The SMILES string of the molecule is Cc1cnn(C)c1N1CCCC(N)CC1. The van der Waals surface area contributed by atoms with E-state index < -0.39 is 0 Å². The normalized spacial score (nSPS) is 22.9. The molecular weight excluding hydrogens is 188 g/mol. The Morgan fingerprint density at radius 1 is 1.40 bits per heavy atom. The number of anilines is 1. The van der Waals surface area contributed by atoms with Gasteiger partial charge in [-0.05, 0) is 26.2 Å². The average Bonchev–Trinajstić information content (AvgIpc) is 2.41. The number of aryl methyl sites for hydroxylation is 2. The molecule has 0 spiro atoms. The van der Waals surface area contributed by atoms with Crippen molar-refractivity contribution < 1.29 is 0 Å². The zero-order chi connectivity index (χ0) is 10.8. The molecule has 2 N–H and O–H groups in total. The first kappa shape index (κ1) is 10.5. The minimum Gasteiger partial charge on any atom is -0.357 e. The Bertz CT molecular complexity index is 312. The first-order valence-electron chi connectivity index (χ1n) is 5.67. The van der Waals surface area contributed by atoms with Gasteiger partial charge in [-0.2, -0.15) is 5.10 Å². The summed E-state index contributed by atoms with van der Waals surface area (Å²) in [4.78, 5) is 2.41. The molecule has 1 aromatic rings. The summed E-state index contributed by atoms with van der Waals surface area (Å²) in [6.07, 6.45) is 5.35. The molecule has 1 aliphatic rings. The Labute approximate surface area is 91.1 Å². The van der Waals surface area contributed by atoms with Crippen LogP contribution in [0.2, 0.25) is 0 Å². The van der Waals surface area contributed by atoms with E-state index in [0.717, 1.165) is 25.9 Å². The highest BCUT2D eigenvalue weighted by Crippen LogP contribution is 2.21. The lowest BCUT2D eigenvalue weighted by atomic mass is 10.1. The van der Waals surface area contributed by atoms with E-state index in [1.54, 1.807) is 0 Å². The van der Waals surface area contributed by atoms with Gasteiger partial charge in [0.2, 0.25) is 0 Å². The third kappa shape index (κ3) is 2.15. The van der Waals surface area contributed by atoms with Gasteiger partial charge in [-0.25, -0.2) is 0 Å². The molecule has 1 fully saturated rings. The quantitative estimate of drug-likeness (QED) is 0.750. The van der Waals surface area contributed by atoms with Crippen LogP contribution in [0.15, 0.2) is 6.20 Å². The van der Waals surface area contributed by atoms with Gasteiger partial charge in [0.05, 0.1) is 6.20 Å². The molecule has 2 rings (SSSR count). The molecule has 0 aromatic carbocycles. The maximum Gasteiger partial charge on any atom is 0.129 e. The smallest absolute Gasteiger partial charge is 0.129 e. The highest BCUT2D eigenvalue weighted by molar-refractivity contribution is 5.46. The van der Waals surface area contributed by atoms with Crippen molar-refractivity contribution in [1.29, 1.82) is 0 Å². The van der Waals surface area contributed by atoms with Gasteiger partial charge in [0, 0.05) is 31.7 Å². The maximum absolute atomic E-state index is 5.98. The van der Waals surface area contributed by atoms with Crippen LogP contribution in [-0.2, 0) is 7.05 Å². The number of rotatable bonds is 1. The zero-order valence-electron chi connectivity index (χ0n) is 9.61. The van der Waals surface area contributed by atoms with Crippen molar-refractivity contribution in [2.24, 2.45) is 12.8 Å². The molecule has 1 atom stereocenters. The maximum atomic E-state index is 5.98. The number of hydrogen-bond donors (Lipinski definition) is 1. The summed E-state index contributed by atoms with van der Waals surface area (Å²) < 4.78 is 1.96. The summed E-state index contributed by atoms with van der Waals surface area (Å²) in [7, 11) is 2.01. The molecule has 4 heteroatoms. The van der Waals surface area contributed by atoms with Crippen molar-refractivity contribution >= 4 is 5.82 Å². The highest BCUT2D eigenvalue weighted by Gasteiger charge is 2.18. The molecule has 1 aromatic heterocycles. The molecule has 0 radical (unpaired) electrons. The Morgan fingerprint density at radius 2 is 2.20 bits per heavy atom. The van der Waals surface area contributed by atoms with E-state index in [2.05, 4.69) is 16.9 Å². The molecule has 1 saturated heterocycles. The van der Waals surface area contributed by atoms with Crippen LogP contribution >= 0.6 is 0 Å². The monoisotopic (exact) mass is 208 g/mol. The van der Waals surface area contributed by atoms with Crippen LogP contribution in [0.3, 0.4) is 0 Å². The summed E-state index contributed by atoms with van der Waals surface area (Å²) >= 11 is 0. The van der Waals surface area contributed by atoms with Gasteiger partial charge >= 0.3 is 0 Å². The Hall–Kier alpha value is -1.03. The van der Waals surface area contributed by atoms with Gasteiger partial charge in [-0.15, -0.1) is 0 Å². The molecule has 2 heterocycles. The van der Waals surface area contributed by atoms with Gasteiger partial charge in [0.1, 0.15) is 5.82 Å². The van der Waals surface area contributed by atoms with Crippen LogP contribution in [0, 0.1) is 6.92 Å². The fourth-order valence-electron chi connectivity index (χ4n) is 2.33. The van der Waals surface area contributed by atoms with E-state index in [4.69, 9.17) is 5.73 Å². The van der Waals surface area contributed by atoms with Crippen LogP contribution < -0.4 is 10.6 Å². The van der Waals surface area contributed by atoms with Crippen LogP contribution in [0.1, 0.15) is 24.8 Å². The third-order valence-electron chi connectivity index (χ3n) is 3.16. The minimum atomic E-state index is 0.378. The van der Waals surface area contributed by atoms with Crippen LogP contribution in [0.4, 0.5) is 5.82 Å². The summed E-state index contributed by atoms with van der Waals surface area (Å²) in [5.41, 5.74) is 7.23. The summed E-state index contributed by atoms with van der Waals surface area (Å²) in [6, 6.07) is 0.378.